The van der Waals surface area contributed by atoms with E-state index in [1.54, 1.807) is 11.9 Å². The molecule has 0 unspecified atom stereocenters. The number of carbonyl (C=O) groups excluding carboxylic acids is 2. The number of carbonyl (C=O) groups is 2. The Kier molecular flexibility index (Phi) is 3.82. The minimum Gasteiger partial charge on any atom is -0.344 e. The van der Waals surface area contributed by atoms with E-state index in [4.69, 9.17) is 0 Å². The number of rotatable bonds is 2. The van der Waals surface area contributed by atoms with Crippen molar-refractivity contribution in [2.75, 3.05) is 26.7 Å². The summed E-state index contributed by atoms with van der Waals surface area (Å²) in [6.45, 7) is 5.27. The zero-order valence-corrected chi connectivity index (χ0v) is 11.5. The van der Waals surface area contributed by atoms with E-state index in [0.717, 1.165) is 6.42 Å². The molecule has 19 heavy (non-hydrogen) atoms. The second-order valence-electron chi connectivity index (χ2n) is 5.09. The van der Waals surface area contributed by atoms with Gasteiger partial charge in [-0.15, -0.1) is 5.10 Å². The van der Waals surface area contributed by atoms with Crippen LogP contribution in [0.5, 0.6) is 0 Å². The van der Waals surface area contributed by atoms with Crippen molar-refractivity contribution >= 4 is 11.8 Å². The van der Waals surface area contributed by atoms with Crippen molar-refractivity contribution < 1.29 is 9.59 Å². The van der Waals surface area contributed by atoms with Gasteiger partial charge in [-0.25, -0.2) is 4.98 Å². The van der Waals surface area contributed by atoms with E-state index < -0.39 is 0 Å². The fourth-order valence-electron chi connectivity index (χ4n) is 1.93. The molecule has 7 heteroatoms. The molecule has 1 fully saturated rings. The quantitative estimate of drug-likeness (QED) is 0.830. The third-order valence-corrected chi connectivity index (χ3v) is 3.20. The molecule has 0 aromatic carbocycles. The van der Waals surface area contributed by atoms with Gasteiger partial charge >= 0.3 is 0 Å². The van der Waals surface area contributed by atoms with Crippen molar-refractivity contribution in [3.8, 4) is 0 Å². The molecular formula is C12H19N5O2. The number of aromatic amines is 1. The van der Waals surface area contributed by atoms with Crippen LogP contribution in [0.1, 0.15) is 42.6 Å². The third-order valence-electron chi connectivity index (χ3n) is 3.20. The Balaban J connectivity index is 2.11. The van der Waals surface area contributed by atoms with Crippen LogP contribution in [-0.4, -0.2) is 63.5 Å². The summed E-state index contributed by atoms with van der Waals surface area (Å²) in [6, 6.07) is 0. The summed E-state index contributed by atoms with van der Waals surface area (Å²) >= 11 is 0. The monoisotopic (exact) mass is 265 g/mol. The van der Waals surface area contributed by atoms with Gasteiger partial charge in [0.15, 0.2) is 0 Å². The minimum absolute atomic E-state index is 0.0505. The van der Waals surface area contributed by atoms with Gasteiger partial charge in [0.1, 0.15) is 12.4 Å². The molecule has 0 atom stereocenters. The van der Waals surface area contributed by atoms with E-state index in [9.17, 15) is 9.59 Å². The molecule has 7 nitrogen and oxygen atoms in total. The Labute approximate surface area is 112 Å². The molecule has 2 amide bonds. The SMILES string of the molecule is CC(C)c1nc(C(=O)N2CCCN(C)C(=O)C2)n[nH]1. The number of hydrogen-bond acceptors (Lipinski definition) is 4. The molecule has 0 saturated carbocycles. The summed E-state index contributed by atoms with van der Waals surface area (Å²) in [5.41, 5.74) is 0. The Morgan fingerprint density at radius 3 is 2.74 bits per heavy atom. The molecular weight excluding hydrogens is 246 g/mol. The van der Waals surface area contributed by atoms with Gasteiger partial charge in [0.2, 0.25) is 11.7 Å². The lowest BCUT2D eigenvalue weighted by atomic mass is 10.2. The molecule has 1 aliphatic rings. The van der Waals surface area contributed by atoms with Crippen LogP contribution in [0.3, 0.4) is 0 Å². The summed E-state index contributed by atoms with van der Waals surface area (Å²) in [5, 5.41) is 6.69. The number of aromatic nitrogens is 3. The van der Waals surface area contributed by atoms with Gasteiger partial charge in [-0.3, -0.25) is 14.7 Å². The van der Waals surface area contributed by atoms with E-state index in [2.05, 4.69) is 15.2 Å². The minimum atomic E-state index is -0.285. The van der Waals surface area contributed by atoms with E-state index in [1.807, 2.05) is 13.8 Å². The number of amides is 2. The highest BCUT2D eigenvalue weighted by Crippen LogP contribution is 2.10. The van der Waals surface area contributed by atoms with E-state index in [0.29, 0.717) is 18.9 Å². The summed E-state index contributed by atoms with van der Waals surface area (Å²) in [7, 11) is 1.75. The zero-order chi connectivity index (χ0) is 14.0. The summed E-state index contributed by atoms with van der Waals surface area (Å²) in [5.74, 6) is 0.672. The second kappa shape index (κ2) is 5.38. The first-order chi connectivity index (χ1) is 8.99. The predicted octanol–water partition coefficient (Wildman–Crippen LogP) is 0.232. The van der Waals surface area contributed by atoms with Crippen molar-refractivity contribution in [2.45, 2.75) is 26.2 Å². The average Bonchev–Trinajstić information content (AvgIpc) is 2.79. The van der Waals surface area contributed by atoms with Crippen LogP contribution in [0.25, 0.3) is 0 Å². The van der Waals surface area contributed by atoms with Crippen molar-refractivity contribution in [2.24, 2.45) is 0 Å². The van der Waals surface area contributed by atoms with Crippen molar-refractivity contribution in [3.05, 3.63) is 11.6 Å². The Morgan fingerprint density at radius 1 is 1.37 bits per heavy atom. The normalized spacial score (nSPS) is 16.9. The Morgan fingerprint density at radius 2 is 2.11 bits per heavy atom. The highest BCUT2D eigenvalue weighted by atomic mass is 16.2. The lowest BCUT2D eigenvalue weighted by Gasteiger charge is -2.17. The Bertz CT molecular complexity index is 482. The zero-order valence-electron chi connectivity index (χ0n) is 11.5. The van der Waals surface area contributed by atoms with Crippen LogP contribution < -0.4 is 0 Å². The standard InChI is InChI=1S/C12H19N5O2/c1-8(2)10-13-11(15-14-10)12(19)17-6-4-5-16(3)9(18)7-17/h8H,4-7H2,1-3H3,(H,13,14,15). The molecule has 0 bridgehead atoms. The van der Waals surface area contributed by atoms with Gasteiger partial charge in [0.25, 0.3) is 5.91 Å². The molecule has 2 heterocycles. The highest BCUT2D eigenvalue weighted by Gasteiger charge is 2.26. The van der Waals surface area contributed by atoms with Crippen molar-refractivity contribution in [1.82, 2.24) is 25.0 Å². The number of hydrogen-bond donors (Lipinski definition) is 1. The van der Waals surface area contributed by atoms with E-state index in [-0.39, 0.29) is 30.1 Å². The van der Waals surface area contributed by atoms with Gasteiger partial charge in [-0.1, -0.05) is 13.8 Å². The van der Waals surface area contributed by atoms with Gasteiger partial charge in [-0.2, -0.15) is 0 Å². The number of nitrogens with zero attached hydrogens (tertiary/aromatic N) is 4. The predicted molar refractivity (Wildman–Crippen MR) is 68.6 cm³/mol. The summed E-state index contributed by atoms with van der Waals surface area (Å²) < 4.78 is 0. The molecule has 0 spiro atoms. The van der Waals surface area contributed by atoms with Crippen molar-refractivity contribution in [1.29, 1.82) is 0 Å². The number of nitrogens with one attached hydrogen (secondary N) is 1. The fourth-order valence-corrected chi connectivity index (χ4v) is 1.93. The smallest absolute Gasteiger partial charge is 0.293 e. The van der Waals surface area contributed by atoms with Crippen LogP contribution in [0, 0.1) is 0 Å². The molecule has 1 aromatic heterocycles. The third kappa shape index (κ3) is 2.91. The number of likely N-dealkylation sites (N-methyl/N-ethyl adjacent to an activating group) is 1. The molecule has 1 aliphatic heterocycles. The molecule has 0 radical (unpaired) electrons. The second-order valence-corrected chi connectivity index (χ2v) is 5.09. The largest absolute Gasteiger partial charge is 0.344 e. The maximum Gasteiger partial charge on any atom is 0.293 e. The summed E-state index contributed by atoms with van der Waals surface area (Å²) in [6.07, 6.45) is 0.773. The number of H-pyrrole nitrogens is 1. The van der Waals surface area contributed by atoms with Crippen LogP contribution in [-0.2, 0) is 4.79 Å². The van der Waals surface area contributed by atoms with Crippen molar-refractivity contribution in [3.63, 3.8) is 0 Å². The average molecular weight is 265 g/mol. The van der Waals surface area contributed by atoms with Crippen LogP contribution in [0.4, 0.5) is 0 Å². The maximum absolute atomic E-state index is 12.3. The maximum atomic E-state index is 12.3. The molecule has 2 rings (SSSR count). The molecule has 1 N–H and O–H groups in total. The van der Waals surface area contributed by atoms with E-state index in [1.165, 1.54) is 4.90 Å². The molecule has 1 aromatic rings. The summed E-state index contributed by atoms with van der Waals surface area (Å²) in [4.78, 5) is 31.3. The van der Waals surface area contributed by atoms with Crippen LogP contribution in [0.2, 0.25) is 0 Å². The van der Waals surface area contributed by atoms with E-state index >= 15 is 0 Å². The van der Waals surface area contributed by atoms with Crippen LogP contribution in [0.15, 0.2) is 0 Å². The van der Waals surface area contributed by atoms with Crippen LogP contribution >= 0.6 is 0 Å². The lowest BCUT2D eigenvalue weighted by Crippen LogP contribution is -2.38. The molecule has 104 valence electrons. The van der Waals surface area contributed by atoms with Gasteiger partial charge in [0, 0.05) is 26.1 Å². The first-order valence-corrected chi connectivity index (χ1v) is 6.44. The first kappa shape index (κ1) is 13.5. The van der Waals surface area contributed by atoms with Gasteiger partial charge in [-0.05, 0) is 6.42 Å². The molecule has 0 aliphatic carbocycles. The topological polar surface area (TPSA) is 82.2 Å². The fraction of sp³-hybridized carbons (Fsp3) is 0.667. The van der Waals surface area contributed by atoms with Gasteiger partial charge < -0.3 is 9.80 Å². The first-order valence-electron chi connectivity index (χ1n) is 6.44. The molecule has 1 saturated heterocycles. The van der Waals surface area contributed by atoms with Gasteiger partial charge in [0.05, 0.1) is 0 Å². The highest BCUT2D eigenvalue weighted by molar-refractivity contribution is 5.93. The lowest BCUT2D eigenvalue weighted by molar-refractivity contribution is -0.129. The Hall–Kier alpha value is -1.92.